The fourth-order valence-corrected chi connectivity index (χ4v) is 3.87. The van der Waals surface area contributed by atoms with Crippen molar-refractivity contribution in [2.45, 2.75) is 5.75 Å². The predicted octanol–water partition coefficient (Wildman–Crippen LogP) is 5.38. The molecule has 0 fully saturated rings. The summed E-state index contributed by atoms with van der Waals surface area (Å²) in [6, 6.07) is 13.0. The lowest BCUT2D eigenvalue weighted by atomic mass is 10.1. The second-order valence-electron chi connectivity index (χ2n) is 5.59. The zero-order valence-corrected chi connectivity index (χ0v) is 18.4. The molecular formula is C18H15Cl4N3O3S. The van der Waals surface area contributed by atoms with Crippen molar-refractivity contribution in [3.8, 4) is 5.75 Å². The van der Waals surface area contributed by atoms with Crippen molar-refractivity contribution in [1.82, 2.24) is 0 Å². The highest BCUT2D eigenvalue weighted by molar-refractivity contribution is 8.13. The summed E-state index contributed by atoms with van der Waals surface area (Å²) in [6.07, 6.45) is 0. The molecule has 1 atom stereocenters. The summed E-state index contributed by atoms with van der Waals surface area (Å²) in [5.74, 6) is 0.121. The summed E-state index contributed by atoms with van der Waals surface area (Å²) in [5, 5.41) is 36.9. The first-order chi connectivity index (χ1) is 13.6. The van der Waals surface area contributed by atoms with Gasteiger partial charge in [-0.15, -0.1) is 0 Å². The molecule has 0 bridgehead atoms. The molecule has 3 rings (SSSR count). The summed E-state index contributed by atoms with van der Waals surface area (Å²) < 4.78 is 0. The van der Waals surface area contributed by atoms with Gasteiger partial charge in [0.05, 0.1) is 10.0 Å². The molecule has 0 aliphatic heterocycles. The number of thioether (sulfide) groups is 1. The number of fused-ring (bicyclic) bond motifs is 1. The van der Waals surface area contributed by atoms with E-state index in [1.807, 2.05) is 36.4 Å². The largest absolute Gasteiger partial charge is 0.595 e. The fraction of sp³-hybridized carbons (Fsp3) is 0.0556. The summed E-state index contributed by atoms with van der Waals surface area (Å²) in [6.45, 7) is 0. The Morgan fingerprint density at radius 3 is 2.24 bits per heavy atom. The molecule has 0 heterocycles. The number of phenolic OH excluding ortho intramolecular Hbond substituents is 1. The minimum absolute atomic E-state index is 0.0122. The first kappa shape index (κ1) is 23.9. The van der Waals surface area contributed by atoms with E-state index in [2.05, 4.69) is 0 Å². The summed E-state index contributed by atoms with van der Waals surface area (Å²) >= 11 is 24.0. The zero-order chi connectivity index (χ0) is 21.7. The third-order valence-corrected chi connectivity index (χ3v) is 5.88. The number of hydrogen-bond acceptors (Lipinski definition) is 5. The van der Waals surface area contributed by atoms with Crippen molar-refractivity contribution in [2.75, 3.05) is 0 Å². The smallest absolute Gasteiger partial charge is 0.227 e. The Morgan fingerprint density at radius 2 is 1.66 bits per heavy atom. The second-order valence-corrected chi connectivity index (χ2v) is 8.20. The van der Waals surface area contributed by atoms with E-state index in [1.54, 1.807) is 0 Å². The number of nitrogens with one attached hydrogen (secondary N) is 2. The van der Waals surface area contributed by atoms with Gasteiger partial charge in [0.1, 0.15) is 5.02 Å². The van der Waals surface area contributed by atoms with Crippen molar-refractivity contribution in [2.24, 2.45) is 5.73 Å². The van der Waals surface area contributed by atoms with E-state index in [1.165, 1.54) is 17.8 Å². The second kappa shape index (κ2) is 10.6. The number of benzene rings is 3. The maximum absolute atomic E-state index is 10.6. The molecule has 11 heteroatoms. The summed E-state index contributed by atoms with van der Waals surface area (Å²) in [7, 11) is 0. The third kappa shape index (κ3) is 6.04. The Labute approximate surface area is 190 Å². The van der Waals surface area contributed by atoms with Crippen LogP contribution in [0.5, 0.6) is 5.75 Å². The van der Waals surface area contributed by atoms with Crippen molar-refractivity contribution in [3.63, 3.8) is 0 Å². The molecule has 1 unspecified atom stereocenters. The lowest BCUT2D eigenvalue weighted by molar-refractivity contribution is -0.991. The average molecular weight is 495 g/mol. The van der Waals surface area contributed by atoms with Crippen molar-refractivity contribution in [1.29, 1.82) is 5.41 Å². The number of phenols is 1. The molecule has 0 spiro atoms. The van der Waals surface area contributed by atoms with E-state index in [4.69, 9.17) is 62.8 Å². The normalized spacial score (nSPS) is 11.7. The van der Waals surface area contributed by atoms with Crippen LogP contribution in [0.1, 0.15) is 5.56 Å². The van der Waals surface area contributed by atoms with E-state index in [0.29, 0.717) is 5.75 Å². The van der Waals surface area contributed by atoms with Gasteiger partial charge in [0.2, 0.25) is 11.4 Å². The maximum Gasteiger partial charge on any atom is 0.227 e. The monoisotopic (exact) mass is 493 g/mol. The predicted molar refractivity (Wildman–Crippen MR) is 121 cm³/mol. The molecule has 0 radical (unpaired) electrons. The van der Waals surface area contributed by atoms with Gasteiger partial charge >= 0.3 is 0 Å². The summed E-state index contributed by atoms with van der Waals surface area (Å²) in [5.41, 5.74) is 6.00. The standard InChI is InChI=1S/C12H11ClN2S.C6H4Cl3NO3/c13-11-6-5-8(7-16-12(14)15)9-3-1-2-4-10(9)11;7-2-1-3(8)6(11)5(4(2)9)10(12)13/h1-6H,7H2,(H3,14,15);1,10-12H. The SMILES string of the molecule is N=C(N)SCc1ccc(Cl)c2ccccc12.[O-][NH+](O)c1c(O)c(Cl)cc(Cl)c1Cl. The van der Waals surface area contributed by atoms with Crippen molar-refractivity contribution in [3.05, 3.63) is 73.3 Å². The van der Waals surface area contributed by atoms with Gasteiger partial charge in [-0.1, -0.05) is 88.5 Å². The van der Waals surface area contributed by atoms with Crippen LogP contribution in [0.15, 0.2) is 42.5 Å². The van der Waals surface area contributed by atoms with Crippen LogP contribution in [-0.2, 0) is 5.75 Å². The first-order valence-corrected chi connectivity index (χ1v) is 10.4. The molecule has 0 aromatic heterocycles. The first-order valence-electron chi connectivity index (χ1n) is 7.86. The number of hydrogen-bond donors (Lipinski definition) is 5. The molecule has 0 aliphatic carbocycles. The number of halogens is 4. The van der Waals surface area contributed by atoms with Gasteiger partial charge in [0.25, 0.3) is 0 Å². The van der Waals surface area contributed by atoms with Gasteiger partial charge in [-0.25, -0.2) is 5.21 Å². The molecule has 0 aliphatic rings. The molecule has 0 saturated heterocycles. The third-order valence-electron chi connectivity index (χ3n) is 3.70. The molecule has 154 valence electrons. The number of quaternary nitrogens is 1. The van der Waals surface area contributed by atoms with Crippen LogP contribution < -0.4 is 11.0 Å². The van der Waals surface area contributed by atoms with Crippen LogP contribution in [0.3, 0.4) is 0 Å². The molecule has 0 saturated carbocycles. The van der Waals surface area contributed by atoms with E-state index in [0.717, 1.165) is 21.4 Å². The average Bonchev–Trinajstić information content (AvgIpc) is 2.66. The van der Waals surface area contributed by atoms with Gasteiger partial charge in [-0.05, 0) is 23.1 Å². The Hall–Kier alpha value is -1.42. The van der Waals surface area contributed by atoms with E-state index in [9.17, 15) is 10.3 Å². The number of nitrogens with two attached hydrogens (primary N) is 1. The Morgan fingerprint density at radius 1 is 1.03 bits per heavy atom. The van der Waals surface area contributed by atoms with Crippen LogP contribution in [0.2, 0.25) is 20.1 Å². The van der Waals surface area contributed by atoms with E-state index >= 15 is 0 Å². The number of amidine groups is 1. The van der Waals surface area contributed by atoms with Gasteiger partial charge < -0.3 is 16.0 Å². The molecular weight excluding hydrogens is 480 g/mol. The van der Waals surface area contributed by atoms with Crippen LogP contribution in [0.4, 0.5) is 5.69 Å². The maximum atomic E-state index is 10.6. The highest BCUT2D eigenvalue weighted by atomic mass is 35.5. The molecule has 3 aromatic rings. The number of rotatable bonds is 3. The van der Waals surface area contributed by atoms with Crippen LogP contribution >= 0.6 is 58.2 Å². The fourth-order valence-electron chi connectivity index (χ4n) is 2.39. The summed E-state index contributed by atoms with van der Waals surface area (Å²) in [4.78, 5) is 0. The molecule has 0 amide bonds. The van der Waals surface area contributed by atoms with Crippen LogP contribution in [-0.4, -0.2) is 15.5 Å². The molecule has 3 aromatic carbocycles. The highest BCUT2D eigenvalue weighted by Crippen LogP contribution is 2.40. The lowest BCUT2D eigenvalue weighted by Gasteiger charge is -2.15. The van der Waals surface area contributed by atoms with Crippen LogP contribution in [0.25, 0.3) is 10.8 Å². The van der Waals surface area contributed by atoms with Crippen molar-refractivity contribution >= 4 is 79.8 Å². The number of aromatic hydroxyl groups is 1. The minimum atomic E-state index is -1.38. The van der Waals surface area contributed by atoms with E-state index in [-0.39, 0.29) is 20.2 Å². The lowest BCUT2D eigenvalue weighted by Crippen LogP contribution is -2.99. The molecule has 6 nitrogen and oxygen atoms in total. The molecule has 29 heavy (non-hydrogen) atoms. The zero-order valence-electron chi connectivity index (χ0n) is 14.5. The topological polar surface area (TPSA) is 118 Å². The van der Waals surface area contributed by atoms with Gasteiger partial charge in [-0.3, -0.25) is 5.41 Å². The van der Waals surface area contributed by atoms with Gasteiger partial charge in [0.15, 0.2) is 5.17 Å². The van der Waals surface area contributed by atoms with Gasteiger partial charge in [-0.2, -0.15) is 5.23 Å². The van der Waals surface area contributed by atoms with Crippen molar-refractivity contribution < 1.29 is 15.5 Å². The minimum Gasteiger partial charge on any atom is -0.595 e. The highest BCUT2D eigenvalue weighted by Gasteiger charge is 2.20. The Balaban J connectivity index is 0.000000212. The quantitative estimate of drug-likeness (QED) is 0.110. The Bertz CT molecular complexity index is 1020. The van der Waals surface area contributed by atoms with Gasteiger partial charge in [0, 0.05) is 16.2 Å². The Kier molecular flexibility index (Phi) is 8.69. The molecule has 6 N–H and O–H groups in total. The van der Waals surface area contributed by atoms with E-state index < -0.39 is 16.7 Å². The van der Waals surface area contributed by atoms with Crippen LogP contribution in [0, 0.1) is 10.6 Å².